The highest BCUT2D eigenvalue weighted by molar-refractivity contribution is 5.32. The van der Waals surface area contributed by atoms with Gasteiger partial charge in [-0.2, -0.15) is 0 Å². The molecule has 1 aromatic carbocycles. The third-order valence-corrected chi connectivity index (χ3v) is 3.07. The highest BCUT2D eigenvalue weighted by Crippen LogP contribution is 2.31. The molecule has 0 aliphatic heterocycles. The van der Waals surface area contributed by atoms with Gasteiger partial charge in [0, 0.05) is 0 Å². The molecule has 0 fully saturated rings. The molecule has 1 rings (SSSR count). The van der Waals surface area contributed by atoms with Crippen LogP contribution in [0.3, 0.4) is 0 Å². The van der Waals surface area contributed by atoms with Crippen LogP contribution in [0.15, 0.2) is 24.3 Å². The second-order valence-electron chi connectivity index (χ2n) is 4.31. The number of aryl methyl sites for hydroxylation is 1. The molecule has 0 heterocycles. The average molecular weight is 192 g/mol. The van der Waals surface area contributed by atoms with E-state index in [9.17, 15) is 5.11 Å². The fourth-order valence-electron chi connectivity index (χ4n) is 1.63. The van der Waals surface area contributed by atoms with E-state index in [1.807, 2.05) is 39.0 Å². The van der Waals surface area contributed by atoms with Gasteiger partial charge >= 0.3 is 0 Å². The lowest BCUT2D eigenvalue weighted by Crippen LogP contribution is -2.29. The van der Waals surface area contributed by atoms with Crippen molar-refractivity contribution in [3.05, 3.63) is 35.4 Å². The van der Waals surface area contributed by atoms with Crippen LogP contribution in [0, 0.1) is 5.92 Å². The van der Waals surface area contributed by atoms with Crippen molar-refractivity contribution in [2.45, 2.75) is 39.7 Å². The van der Waals surface area contributed by atoms with Crippen molar-refractivity contribution in [2.75, 3.05) is 0 Å². The summed E-state index contributed by atoms with van der Waals surface area (Å²) >= 11 is 0. The van der Waals surface area contributed by atoms with E-state index in [1.165, 1.54) is 5.56 Å². The molecule has 0 aliphatic rings. The summed E-state index contributed by atoms with van der Waals surface area (Å²) in [5.41, 5.74) is 1.59. The van der Waals surface area contributed by atoms with E-state index in [0.29, 0.717) is 0 Å². The van der Waals surface area contributed by atoms with Crippen LogP contribution in [-0.2, 0) is 12.0 Å². The van der Waals surface area contributed by atoms with Gasteiger partial charge in [0.1, 0.15) is 0 Å². The molecular formula is C13H20O. The lowest BCUT2D eigenvalue weighted by molar-refractivity contribution is 0.00827. The molecule has 0 aromatic heterocycles. The molecule has 1 nitrogen and oxygen atoms in total. The van der Waals surface area contributed by atoms with Gasteiger partial charge in [-0.25, -0.2) is 0 Å². The predicted octanol–water partition coefficient (Wildman–Crippen LogP) is 3.11. The second kappa shape index (κ2) is 4.14. The lowest BCUT2D eigenvalue weighted by atomic mass is 9.82. The predicted molar refractivity (Wildman–Crippen MR) is 60.2 cm³/mol. The molecule has 0 amide bonds. The number of rotatable bonds is 3. The smallest absolute Gasteiger partial charge is 0.0893 e. The minimum absolute atomic E-state index is 0.232. The summed E-state index contributed by atoms with van der Waals surface area (Å²) in [6.07, 6.45) is 0.971. The Morgan fingerprint density at radius 2 is 1.86 bits per heavy atom. The molecule has 0 aliphatic carbocycles. The van der Waals surface area contributed by atoms with Crippen molar-refractivity contribution >= 4 is 0 Å². The quantitative estimate of drug-likeness (QED) is 0.780. The number of benzene rings is 1. The van der Waals surface area contributed by atoms with Gasteiger partial charge in [-0.05, 0) is 30.4 Å². The molecule has 1 aromatic rings. The summed E-state index contributed by atoms with van der Waals surface area (Å²) in [5.74, 6) is 0.232. The number of hydrogen-bond acceptors (Lipinski definition) is 1. The molecule has 0 bridgehead atoms. The number of aliphatic hydroxyl groups is 1. The standard InChI is InChI=1S/C13H20O/c1-5-11-8-6-7-9-12(11)13(4,14)10(2)3/h6-10,14H,5H2,1-4H3. The molecular weight excluding hydrogens is 172 g/mol. The maximum absolute atomic E-state index is 10.4. The Morgan fingerprint density at radius 1 is 1.29 bits per heavy atom. The maximum atomic E-state index is 10.4. The summed E-state index contributed by atoms with van der Waals surface area (Å²) in [7, 11) is 0. The molecule has 0 saturated heterocycles. The Bertz CT molecular complexity index is 300. The van der Waals surface area contributed by atoms with E-state index < -0.39 is 5.60 Å². The summed E-state index contributed by atoms with van der Waals surface area (Å²) in [5, 5.41) is 10.4. The lowest BCUT2D eigenvalue weighted by Gasteiger charge is -2.30. The molecule has 1 atom stereocenters. The Hall–Kier alpha value is -0.820. The third kappa shape index (κ3) is 1.98. The fraction of sp³-hybridized carbons (Fsp3) is 0.538. The fourth-order valence-corrected chi connectivity index (χ4v) is 1.63. The molecule has 1 unspecified atom stereocenters. The van der Waals surface area contributed by atoms with Crippen LogP contribution in [-0.4, -0.2) is 5.11 Å². The summed E-state index contributed by atoms with van der Waals surface area (Å²) in [4.78, 5) is 0. The first kappa shape index (κ1) is 11.3. The minimum Gasteiger partial charge on any atom is -0.385 e. The first-order valence-electron chi connectivity index (χ1n) is 5.30. The molecule has 0 saturated carbocycles. The van der Waals surface area contributed by atoms with Gasteiger partial charge in [-0.1, -0.05) is 45.0 Å². The van der Waals surface area contributed by atoms with E-state index in [2.05, 4.69) is 13.0 Å². The Balaban J connectivity index is 3.17. The normalized spacial score (nSPS) is 15.6. The minimum atomic E-state index is -0.716. The van der Waals surface area contributed by atoms with E-state index in [4.69, 9.17) is 0 Å². The van der Waals surface area contributed by atoms with E-state index in [0.717, 1.165) is 12.0 Å². The zero-order valence-electron chi connectivity index (χ0n) is 9.54. The monoisotopic (exact) mass is 192 g/mol. The highest BCUT2D eigenvalue weighted by Gasteiger charge is 2.28. The van der Waals surface area contributed by atoms with Crippen LogP contribution in [0.5, 0.6) is 0 Å². The van der Waals surface area contributed by atoms with Crippen LogP contribution in [0.1, 0.15) is 38.8 Å². The van der Waals surface area contributed by atoms with Crippen LogP contribution >= 0.6 is 0 Å². The first-order valence-corrected chi connectivity index (χ1v) is 5.30. The average Bonchev–Trinajstić information content (AvgIpc) is 2.17. The molecule has 0 spiro atoms. The van der Waals surface area contributed by atoms with Crippen molar-refractivity contribution in [3.63, 3.8) is 0 Å². The van der Waals surface area contributed by atoms with Crippen molar-refractivity contribution in [3.8, 4) is 0 Å². The zero-order valence-corrected chi connectivity index (χ0v) is 9.54. The molecule has 78 valence electrons. The zero-order chi connectivity index (χ0) is 10.8. The van der Waals surface area contributed by atoms with Gasteiger partial charge in [-0.15, -0.1) is 0 Å². The van der Waals surface area contributed by atoms with E-state index in [-0.39, 0.29) is 5.92 Å². The molecule has 1 heteroatoms. The molecule has 0 radical (unpaired) electrons. The van der Waals surface area contributed by atoms with Crippen LogP contribution in [0.2, 0.25) is 0 Å². The van der Waals surface area contributed by atoms with Gasteiger partial charge in [0.15, 0.2) is 0 Å². The van der Waals surface area contributed by atoms with Crippen LogP contribution in [0.25, 0.3) is 0 Å². The van der Waals surface area contributed by atoms with E-state index in [1.54, 1.807) is 0 Å². The van der Waals surface area contributed by atoms with Crippen molar-refractivity contribution in [1.29, 1.82) is 0 Å². The summed E-state index contributed by atoms with van der Waals surface area (Å²) < 4.78 is 0. The van der Waals surface area contributed by atoms with Gasteiger partial charge in [-0.3, -0.25) is 0 Å². The van der Waals surface area contributed by atoms with Crippen molar-refractivity contribution in [2.24, 2.45) is 5.92 Å². The van der Waals surface area contributed by atoms with E-state index >= 15 is 0 Å². The maximum Gasteiger partial charge on any atom is 0.0893 e. The molecule has 14 heavy (non-hydrogen) atoms. The summed E-state index contributed by atoms with van der Waals surface area (Å²) in [6.45, 7) is 8.11. The summed E-state index contributed by atoms with van der Waals surface area (Å²) in [6, 6.07) is 8.13. The van der Waals surface area contributed by atoms with Crippen molar-refractivity contribution in [1.82, 2.24) is 0 Å². The first-order chi connectivity index (χ1) is 6.50. The Labute approximate surface area is 86.8 Å². The SMILES string of the molecule is CCc1ccccc1C(C)(O)C(C)C. The molecule has 1 N–H and O–H groups in total. The topological polar surface area (TPSA) is 20.2 Å². The Morgan fingerprint density at radius 3 is 2.36 bits per heavy atom. The van der Waals surface area contributed by atoms with Gasteiger partial charge in [0.05, 0.1) is 5.60 Å². The van der Waals surface area contributed by atoms with Crippen molar-refractivity contribution < 1.29 is 5.11 Å². The van der Waals surface area contributed by atoms with Crippen LogP contribution in [0.4, 0.5) is 0 Å². The van der Waals surface area contributed by atoms with Gasteiger partial charge < -0.3 is 5.11 Å². The number of hydrogen-bond donors (Lipinski definition) is 1. The Kier molecular flexibility index (Phi) is 3.33. The largest absolute Gasteiger partial charge is 0.385 e. The van der Waals surface area contributed by atoms with Crippen LogP contribution < -0.4 is 0 Å². The highest BCUT2D eigenvalue weighted by atomic mass is 16.3. The second-order valence-corrected chi connectivity index (χ2v) is 4.31. The van der Waals surface area contributed by atoms with Gasteiger partial charge in [0.25, 0.3) is 0 Å². The van der Waals surface area contributed by atoms with Gasteiger partial charge in [0.2, 0.25) is 0 Å². The third-order valence-electron chi connectivity index (χ3n) is 3.07.